The van der Waals surface area contributed by atoms with Crippen molar-refractivity contribution in [1.82, 2.24) is 9.80 Å². The molecule has 2 atom stereocenters. The largest absolute Gasteiger partial charge is 0.365 e. The van der Waals surface area contributed by atoms with Crippen LogP contribution in [0.3, 0.4) is 0 Å². The van der Waals surface area contributed by atoms with Crippen molar-refractivity contribution in [3.05, 3.63) is 0 Å². The molecule has 4 heteroatoms. The van der Waals surface area contributed by atoms with Crippen LogP contribution >= 0.6 is 0 Å². The number of hydrogen-bond acceptors (Lipinski definition) is 3. The minimum Gasteiger partial charge on any atom is -0.365 e. The van der Waals surface area contributed by atoms with Crippen molar-refractivity contribution in [2.75, 3.05) is 33.8 Å². The fourth-order valence-electron chi connectivity index (χ4n) is 2.78. The van der Waals surface area contributed by atoms with Gasteiger partial charge in [-0.3, -0.25) is 4.79 Å². The second-order valence-electron chi connectivity index (χ2n) is 5.69. The SMILES string of the molecule is CN(C)C1CCN(C(=O)C2(C)CCCCO2)C1. The van der Waals surface area contributed by atoms with E-state index < -0.39 is 5.60 Å². The molecule has 98 valence electrons. The summed E-state index contributed by atoms with van der Waals surface area (Å²) >= 11 is 0. The fourth-order valence-corrected chi connectivity index (χ4v) is 2.78. The number of carbonyl (C=O) groups is 1. The van der Waals surface area contributed by atoms with Gasteiger partial charge in [0.25, 0.3) is 5.91 Å². The minimum atomic E-state index is -0.556. The molecular formula is C13H24N2O2. The summed E-state index contributed by atoms with van der Waals surface area (Å²) in [5.41, 5.74) is -0.556. The normalized spacial score (nSPS) is 34.4. The minimum absolute atomic E-state index is 0.196. The average molecular weight is 240 g/mol. The molecule has 0 aromatic rings. The first kappa shape index (κ1) is 12.8. The summed E-state index contributed by atoms with van der Waals surface area (Å²) in [6, 6.07) is 0.506. The maximum atomic E-state index is 12.5. The van der Waals surface area contributed by atoms with Crippen LogP contribution in [0.2, 0.25) is 0 Å². The summed E-state index contributed by atoms with van der Waals surface area (Å²) in [5.74, 6) is 0.196. The Kier molecular flexibility index (Phi) is 3.73. The third-order valence-corrected chi connectivity index (χ3v) is 4.10. The summed E-state index contributed by atoms with van der Waals surface area (Å²) in [5, 5.41) is 0. The van der Waals surface area contributed by atoms with Crippen molar-refractivity contribution in [1.29, 1.82) is 0 Å². The molecule has 0 aromatic heterocycles. The summed E-state index contributed by atoms with van der Waals surface area (Å²) in [6.07, 6.45) is 4.14. The lowest BCUT2D eigenvalue weighted by molar-refractivity contribution is -0.160. The molecule has 17 heavy (non-hydrogen) atoms. The van der Waals surface area contributed by atoms with E-state index in [9.17, 15) is 4.79 Å². The zero-order valence-electron chi connectivity index (χ0n) is 11.2. The van der Waals surface area contributed by atoms with Gasteiger partial charge in [-0.2, -0.15) is 0 Å². The van der Waals surface area contributed by atoms with Crippen molar-refractivity contribution < 1.29 is 9.53 Å². The number of ether oxygens (including phenoxy) is 1. The van der Waals surface area contributed by atoms with Crippen LogP contribution in [0.4, 0.5) is 0 Å². The Morgan fingerprint density at radius 3 is 2.71 bits per heavy atom. The van der Waals surface area contributed by atoms with Crippen LogP contribution in [0.25, 0.3) is 0 Å². The zero-order valence-corrected chi connectivity index (χ0v) is 11.2. The molecular weight excluding hydrogens is 216 g/mol. The highest BCUT2D eigenvalue weighted by Crippen LogP contribution is 2.28. The quantitative estimate of drug-likeness (QED) is 0.725. The molecule has 1 amide bonds. The Hall–Kier alpha value is -0.610. The van der Waals surface area contributed by atoms with Gasteiger partial charge in [-0.15, -0.1) is 0 Å². The molecule has 4 nitrogen and oxygen atoms in total. The molecule has 2 unspecified atom stereocenters. The van der Waals surface area contributed by atoms with Gasteiger partial charge in [0.15, 0.2) is 0 Å². The molecule has 2 saturated heterocycles. The predicted molar refractivity (Wildman–Crippen MR) is 66.9 cm³/mol. The number of amides is 1. The fraction of sp³-hybridized carbons (Fsp3) is 0.923. The van der Waals surface area contributed by atoms with Crippen LogP contribution in [-0.2, 0) is 9.53 Å². The van der Waals surface area contributed by atoms with Crippen LogP contribution in [0.1, 0.15) is 32.6 Å². The Morgan fingerprint density at radius 2 is 2.18 bits per heavy atom. The number of likely N-dealkylation sites (N-methyl/N-ethyl adjacent to an activating group) is 1. The van der Waals surface area contributed by atoms with E-state index in [0.717, 1.165) is 45.4 Å². The standard InChI is InChI=1S/C13H24N2O2/c1-13(7-4-5-9-17-13)12(16)15-8-6-11(10-15)14(2)3/h11H,4-10H2,1-3H3. The lowest BCUT2D eigenvalue weighted by Gasteiger charge is -2.35. The van der Waals surface area contributed by atoms with Crippen LogP contribution in [0.15, 0.2) is 0 Å². The maximum Gasteiger partial charge on any atom is 0.254 e. The highest BCUT2D eigenvalue weighted by molar-refractivity contribution is 5.85. The van der Waals surface area contributed by atoms with E-state index in [-0.39, 0.29) is 5.91 Å². The Balaban J connectivity index is 1.96. The molecule has 0 radical (unpaired) electrons. The summed E-state index contributed by atoms with van der Waals surface area (Å²) in [7, 11) is 4.16. The Morgan fingerprint density at radius 1 is 1.41 bits per heavy atom. The first-order chi connectivity index (χ1) is 8.03. The molecule has 0 spiro atoms. The van der Waals surface area contributed by atoms with E-state index in [0.29, 0.717) is 6.04 Å². The second kappa shape index (κ2) is 4.94. The van der Waals surface area contributed by atoms with Gasteiger partial charge in [0.2, 0.25) is 0 Å². The third-order valence-electron chi connectivity index (χ3n) is 4.10. The van der Waals surface area contributed by atoms with E-state index in [4.69, 9.17) is 4.74 Å². The third kappa shape index (κ3) is 2.63. The van der Waals surface area contributed by atoms with Gasteiger partial charge < -0.3 is 14.5 Å². The summed E-state index contributed by atoms with van der Waals surface area (Å²) in [6.45, 7) is 4.41. The van der Waals surface area contributed by atoms with E-state index in [1.54, 1.807) is 0 Å². The van der Waals surface area contributed by atoms with E-state index in [1.165, 1.54) is 0 Å². The number of carbonyl (C=O) groups excluding carboxylic acids is 1. The Bertz CT molecular complexity index is 285. The van der Waals surface area contributed by atoms with Crippen LogP contribution in [0, 0.1) is 0 Å². The molecule has 2 fully saturated rings. The molecule has 0 bridgehead atoms. The molecule has 0 aromatic carbocycles. The molecule has 2 aliphatic rings. The lowest BCUT2D eigenvalue weighted by atomic mass is 9.94. The van der Waals surface area contributed by atoms with Gasteiger partial charge in [-0.25, -0.2) is 0 Å². The molecule has 2 rings (SSSR count). The molecule has 0 saturated carbocycles. The van der Waals surface area contributed by atoms with E-state index in [1.807, 2.05) is 11.8 Å². The number of hydrogen-bond donors (Lipinski definition) is 0. The van der Waals surface area contributed by atoms with Gasteiger partial charge in [-0.05, 0) is 46.7 Å². The van der Waals surface area contributed by atoms with E-state index >= 15 is 0 Å². The highest BCUT2D eigenvalue weighted by atomic mass is 16.5. The number of rotatable bonds is 2. The van der Waals surface area contributed by atoms with Gasteiger partial charge in [0.1, 0.15) is 5.60 Å². The monoisotopic (exact) mass is 240 g/mol. The van der Waals surface area contributed by atoms with Gasteiger partial charge in [0.05, 0.1) is 0 Å². The first-order valence-corrected chi connectivity index (χ1v) is 6.63. The predicted octanol–water partition coefficient (Wildman–Crippen LogP) is 1.11. The summed E-state index contributed by atoms with van der Waals surface area (Å²) in [4.78, 5) is 16.7. The van der Waals surface area contributed by atoms with Crippen molar-refractivity contribution in [2.24, 2.45) is 0 Å². The summed E-state index contributed by atoms with van der Waals surface area (Å²) < 4.78 is 5.73. The van der Waals surface area contributed by atoms with Crippen molar-refractivity contribution in [3.8, 4) is 0 Å². The van der Waals surface area contributed by atoms with Crippen molar-refractivity contribution in [2.45, 2.75) is 44.2 Å². The van der Waals surface area contributed by atoms with Crippen LogP contribution < -0.4 is 0 Å². The molecule has 2 heterocycles. The lowest BCUT2D eigenvalue weighted by Crippen LogP contribution is -2.50. The first-order valence-electron chi connectivity index (χ1n) is 6.63. The van der Waals surface area contributed by atoms with Gasteiger partial charge in [0, 0.05) is 25.7 Å². The van der Waals surface area contributed by atoms with Crippen LogP contribution in [0.5, 0.6) is 0 Å². The second-order valence-corrected chi connectivity index (χ2v) is 5.69. The molecule has 0 N–H and O–H groups in total. The highest BCUT2D eigenvalue weighted by Gasteiger charge is 2.41. The Labute approximate surface area is 104 Å². The topological polar surface area (TPSA) is 32.8 Å². The number of nitrogens with zero attached hydrogens (tertiary/aromatic N) is 2. The average Bonchev–Trinajstić information content (AvgIpc) is 2.78. The molecule has 2 aliphatic heterocycles. The maximum absolute atomic E-state index is 12.5. The van der Waals surface area contributed by atoms with E-state index in [2.05, 4.69) is 19.0 Å². The molecule has 0 aliphatic carbocycles. The smallest absolute Gasteiger partial charge is 0.254 e. The van der Waals surface area contributed by atoms with Crippen LogP contribution in [-0.4, -0.2) is 61.1 Å². The number of likely N-dealkylation sites (tertiary alicyclic amines) is 1. The van der Waals surface area contributed by atoms with Crippen molar-refractivity contribution >= 4 is 5.91 Å². The van der Waals surface area contributed by atoms with Crippen molar-refractivity contribution in [3.63, 3.8) is 0 Å². The van der Waals surface area contributed by atoms with Gasteiger partial charge in [-0.1, -0.05) is 0 Å². The zero-order chi connectivity index (χ0) is 12.5. The van der Waals surface area contributed by atoms with Gasteiger partial charge >= 0.3 is 0 Å².